The van der Waals surface area contributed by atoms with E-state index in [-0.39, 0.29) is 28.6 Å². The molecule has 0 fully saturated rings. The maximum Gasteiger partial charge on any atom is 2.00 e. The first-order chi connectivity index (χ1) is 11.6. The molecule has 0 aliphatic rings. The van der Waals surface area contributed by atoms with Crippen molar-refractivity contribution < 1.29 is 27.3 Å². The summed E-state index contributed by atoms with van der Waals surface area (Å²) in [7, 11) is 0. The van der Waals surface area contributed by atoms with Crippen LogP contribution in [0.1, 0.15) is 23.6 Å². The minimum Gasteiger partial charge on any atom is -0.871 e. The third-order valence-corrected chi connectivity index (χ3v) is 4.80. The van der Waals surface area contributed by atoms with Crippen LogP contribution in [0.4, 0.5) is 0 Å². The molecule has 0 saturated heterocycles. The van der Waals surface area contributed by atoms with Crippen molar-refractivity contribution in [2.24, 2.45) is 9.98 Å². The molecular weight excluding hydrogens is 404 g/mol. The fraction of sp³-hybridized carbons (Fsp3) is 0.222. The van der Waals surface area contributed by atoms with Gasteiger partial charge in [0.25, 0.3) is 0 Å². The molecule has 25 heavy (non-hydrogen) atoms. The van der Waals surface area contributed by atoms with E-state index in [2.05, 4.69) is 9.98 Å². The largest absolute Gasteiger partial charge is 2.00 e. The van der Waals surface area contributed by atoms with Gasteiger partial charge in [-0.05, 0) is 48.9 Å². The normalized spacial score (nSPS) is 13.7. The van der Waals surface area contributed by atoms with E-state index in [0.717, 1.165) is 0 Å². The Hall–Kier alpha value is -1.66. The molecule has 0 saturated carbocycles. The summed E-state index contributed by atoms with van der Waals surface area (Å²) in [5.41, 5.74) is 1.36. The third-order valence-electron chi connectivity index (χ3n) is 3.03. The van der Waals surface area contributed by atoms with Gasteiger partial charge >= 0.3 is 17.1 Å². The van der Waals surface area contributed by atoms with Crippen molar-refractivity contribution in [2.75, 3.05) is 13.1 Å². The van der Waals surface area contributed by atoms with Gasteiger partial charge in [0.15, 0.2) is 0 Å². The first-order valence-corrected chi connectivity index (χ1v) is 9.19. The zero-order valence-electron chi connectivity index (χ0n) is 13.9. The third kappa shape index (κ3) is 7.40. The second kappa shape index (κ2) is 11.1. The van der Waals surface area contributed by atoms with Crippen molar-refractivity contribution in [2.45, 2.75) is 13.8 Å². The van der Waals surface area contributed by atoms with Gasteiger partial charge in [0.2, 0.25) is 0 Å². The van der Waals surface area contributed by atoms with Crippen LogP contribution in [0.3, 0.4) is 0 Å². The van der Waals surface area contributed by atoms with Crippen LogP contribution in [-0.4, -0.2) is 24.5 Å². The van der Waals surface area contributed by atoms with E-state index >= 15 is 0 Å². The molecule has 0 atom stereocenters. The summed E-state index contributed by atoms with van der Waals surface area (Å²) in [6, 6.07) is 7.29. The van der Waals surface area contributed by atoms with Crippen LogP contribution in [0.15, 0.2) is 57.2 Å². The van der Waals surface area contributed by atoms with E-state index in [1.54, 1.807) is 26.0 Å². The molecule has 0 spiro atoms. The van der Waals surface area contributed by atoms with Gasteiger partial charge in [-0.2, -0.15) is 0 Å². The molecular formula is C18H18CuN2O2S2. The Balaban J connectivity index is 0.00000312. The number of aliphatic imine (C=N–C) groups is 2. The number of nitrogens with zero attached hydrogens (tertiary/aromatic N) is 2. The van der Waals surface area contributed by atoms with Crippen molar-refractivity contribution in [3.8, 4) is 0 Å². The molecule has 2 rings (SSSR count). The van der Waals surface area contributed by atoms with E-state index in [1.165, 1.54) is 34.8 Å². The first kappa shape index (κ1) is 21.4. The maximum absolute atomic E-state index is 11.9. The van der Waals surface area contributed by atoms with Crippen LogP contribution in [0.25, 0.3) is 11.5 Å². The molecule has 0 aliphatic heterocycles. The Morgan fingerprint density at radius 1 is 0.880 bits per heavy atom. The Labute approximate surface area is 166 Å². The molecule has 1 radical (unpaired) electrons. The molecule has 0 N–H and O–H groups in total. The number of hydrogen-bond donors (Lipinski definition) is 0. The van der Waals surface area contributed by atoms with E-state index in [9.17, 15) is 10.2 Å². The summed E-state index contributed by atoms with van der Waals surface area (Å²) in [4.78, 5) is 10.0. The molecule has 2 aromatic rings. The summed E-state index contributed by atoms with van der Waals surface area (Å²) in [5.74, 6) is -0.0541. The van der Waals surface area contributed by atoms with Gasteiger partial charge in [0, 0.05) is 21.2 Å². The minimum absolute atomic E-state index is 0. The zero-order valence-corrected chi connectivity index (χ0v) is 16.4. The Morgan fingerprint density at radius 2 is 1.28 bits per heavy atom. The Morgan fingerprint density at radius 3 is 1.60 bits per heavy atom. The maximum atomic E-state index is 11.9. The summed E-state index contributed by atoms with van der Waals surface area (Å²) < 4.78 is 0. The smallest absolute Gasteiger partial charge is 0.871 e. The van der Waals surface area contributed by atoms with Crippen LogP contribution in [0.2, 0.25) is 0 Å². The average Bonchev–Trinajstić information content (AvgIpc) is 3.24. The van der Waals surface area contributed by atoms with Gasteiger partial charge in [0.05, 0.1) is 13.1 Å². The number of allylic oxidation sites excluding steroid dienone is 2. The zero-order chi connectivity index (χ0) is 17.4. The SMILES string of the molecule is CC(/C=C(\[O-])c1cccs1)=NCCN=C(C)/C=C(\[O-])c1cccs1.[Cu+2]. The monoisotopic (exact) mass is 421 g/mol. The van der Waals surface area contributed by atoms with Crippen molar-refractivity contribution in [3.63, 3.8) is 0 Å². The quantitative estimate of drug-likeness (QED) is 0.298. The van der Waals surface area contributed by atoms with Crippen LogP contribution in [0, 0.1) is 0 Å². The van der Waals surface area contributed by atoms with Gasteiger partial charge in [-0.15, -0.1) is 22.7 Å². The van der Waals surface area contributed by atoms with E-state index in [0.29, 0.717) is 34.3 Å². The van der Waals surface area contributed by atoms with Gasteiger partial charge in [-0.25, -0.2) is 0 Å². The number of rotatable bonds is 7. The molecule has 0 unspecified atom stereocenters. The van der Waals surface area contributed by atoms with Crippen molar-refractivity contribution in [1.82, 2.24) is 0 Å². The predicted octanol–water partition coefficient (Wildman–Crippen LogP) is 2.83. The topological polar surface area (TPSA) is 70.8 Å². The molecule has 2 heterocycles. The molecule has 0 aliphatic carbocycles. The molecule has 2 aromatic heterocycles. The standard InChI is InChI=1S/C18H20N2O2S2.Cu/c1-13(11-15(21)17-5-3-9-23-17)19-7-8-20-14(2)12-16(22)18-6-4-10-24-18;/h3-6,9-12,21-22H,7-8H2,1-2H3;/q;+2/p-2/b15-11-,16-12-,19-13?,20-14?;. The Kier molecular flexibility index (Phi) is 9.45. The summed E-state index contributed by atoms with van der Waals surface area (Å²) in [6.07, 6.45) is 3.07. The summed E-state index contributed by atoms with van der Waals surface area (Å²) in [6.45, 7) is 4.57. The van der Waals surface area contributed by atoms with Crippen molar-refractivity contribution in [1.29, 1.82) is 0 Å². The molecule has 0 bridgehead atoms. The predicted molar refractivity (Wildman–Crippen MR) is 101 cm³/mol. The number of hydrogen-bond acceptors (Lipinski definition) is 6. The molecule has 4 nitrogen and oxygen atoms in total. The molecule has 0 amide bonds. The molecule has 0 aromatic carbocycles. The molecule has 7 heteroatoms. The minimum atomic E-state index is -0.0270. The number of thiophene rings is 2. The van der Waals surface area contributed by atoms with Crippen LogP contribution in [0.5, 0.6) is 0 Å². The van der Waals surface area contributed by atoms with Crippen LogP contribution >= 0.6 is 22.7 Å². The van der Waals surface area contributed by atoms with Crippen molar-refractivity contribution in [3.05, 3.63) is 56.9 Å². The first-order valence-electron chi connectivity index (χ1n) is 7.43. The van der Waals surface area contributed by atoms with Gasteiger partial charge in [-0.1, -0.05) is 23.7 Å². The fourth-order valence-corrected chi connectivity index (χ4v) is 3.18. The van der Waals surface area contributed by atoms with Gasteiger partial charge in [0.1, 0.15) is 0 Å². The average molecular weight is 422 g/mol. The molecule has 135 valence electrons. The van der Waals surface area contributed by atoms with Crippen molar-refractivity contribution >= 4 is 45.6 Å². The van der Waals surface area contributed by atoms with Crippen LogP contribution < -0.4 is 10.2 Å². The van der Waals surface area contributed by atoms with E-state index in [4.69, 9.17) is 0 Å². The van der Waals surface area contributed by atoms with Gasteiger partial charge in [-0.3, -0.25) is 9.98 Å². The van der Waals surface area contributed by atoms with E-state index < -0.39 is 0 Å². The second-order valence-corrected chi connectivity index (χ2v) is 6.91. The summed E-state index contributed by atoms with van der Waals surface area (Å²) in [5, 5.41) is 27.5. The second-order valence-electron chi connectivity index (χ2n) is 5.02. The fourth-order valence-electron chi connectivity index (χ4n) is 1.90. The van der Waals surface area contributed by atoms with Gasteiger partial charge < -0.3 is 10.2 Å². The van der Waals surface area contributed by atoms with Crippen LogP contribution in [-0.2, 0) is 17.1 Å². The summed E-state index contributed by atoms with van der Waals surface area (Å²) >= 11 is 2.83. The Bertz CT molecular complexity index is 695. The van der Waals surface area contributed by atoms with E-state index in [1.807, 2.05) is 22.9 Å².